The van der Waals surface area contributed by atoms with Gasteiger partial charge in [0.05, 0.1) is 21.7 Å². The first-order valence-corrected chi connectivity index (χ1v) is 10.0. The van der Waals surface area contributed by atoms with E-state index < -0.39 is 17.7 Å². The van der Waals surface area contributed by atoms with Crippen LogP contribution in [0.2, 0.25) is 10.0 Å². The summed E-state index contributed by atoms with van der Waals surface area (Å²) in [5.41, 5.74) is 0.253. The second-order valence-corrected chi connectivity index (χ2v) is 7.98. The van der Waals surface area contributed by atoms with Crippen molar-refractivity contribution in [3.05, 3.63) is 63.0 Å². The Labute approximate surface area is 177 Å². The van der Waals surface area contributed by atoms with Gasteiger partial charge in [0.15, 0.2) is 0 Å². The van der Waals surface area contributed by atoms with Crippen molar-refractivity contribution in [2.75, 3.05) is 13.2 Å². The standard InChI is InChI=1S/C21H19Cl2NO5/c1-11-4-7-16(29-11)18-17(19(25)12-5-6-14(22)15(23)9-12)20(26)21(27)24(18)10-13-3-2-8-28-13/h4-7,9,13,18,25H,2-3,8,10H2,1H3/b19-17-. The van der Waals surface area contributed by atoms with Crippen LogP contribution >= 0.6 is 23.2 Å². The van der Waals surface area contributed by atoms with E-state index in [2.05, 4.69) is 0 Å². The molecule has 1 N–H and O–H groups in total. The highest BCUT2D eigenvalue weighted by atomic mass is 35.5. The van der Waals surface area contributed by atoms with Crippen molar-refractivity contribution in [1.82, 2.24) is 4.90 Å². The molecule has 0 bridgehead atoms. The van der Waals surface area contributed by atoms with E-state index in [0.29, 0.717) is 28.7 Å². The van der Waals surface area contributed by atoms with Gasteiger partial charge < -0.3 is 19.2 Å². The fraction of sp³-hybridized carbons (Fsp3) is 0.333. The van der Waals surface area contributed by atoms with Gasteiger partial charge in [-0.25, -0.2) is 0 Å². The highest BCUT2D eigenvalue weighted by Gasteiger charge is 2.48. The first kappa shape index (κ1) is 20.0. The molecule has 0 saturated carbocycles. The number of rotatable bonds is 4. The summed E-state index contributed by atoms with van der Waals surface area (Å²) in [5, 5.41) is 11.5. The normalized spacial score (nSPS) is 23.9. The molecule has 0 radical (unpaired) electrons. The van der Waals surface area contributed by atoms with Crippen LogP contribution in [0.15, 0.2) is 40.3 Å². The number of Topliss-reactive ketones (excluding diaryl/α,β-unsaturated/α-hetero) is 1. The number of furan rings is 1. The molecular formula is C21H19Cl2NO5. The fourth-order valence-electron chi connectivity index (χ4n) is 3.77. The monoisotopic (exact) mass is 435 g/mol. The first-order valence-electron chi connectivity index (χ1n) is 9.28. The van der Waals surface area contributed by atoms with Gasteiger partial charge in [-0.05, 0) is 50.1 Å². The maximum Gasteiger partial charge on any atom is 0.295 e. The van der Waals surface area contributed by atoms with E-state index in [-0.39, 0.29) is 29.0 Å². The van der Waals surface area contributed by atoms with Crippen LogP contribution in [0.1, 0.15) is 36.0 Å². The summed E-state index contributed by atoms with van der Waals surface area (Å²) in [6, 6.07) is 7.13. The Morgan fingerprint density at radius 3 is 2.62 bits per heavy atom. The van der Waals surface area contributed by atoms with E-state index in [1.165, 1.54) is 17.0 Å². The number of hydrogen-bond acceptors (Lipinski definition) is 5. The van der Waals surface area contributed by atoms with Crippen LogP contribution in [0.25, 0.3) is 5.76 Å². The molecule has 0 spiro atoms. The number of carbonyl (C=O) groups excluding carboxylic acids is 2. The molecule has 29 heavy (non-hydrogen) atoms. The number of ether oxygens (including phenoxy) is 1. The third kappa shape index (κ3) is 3.68. The molecule has 4 rings (SSSR count). The van der Waals surface area contributed by atoms with E-state index in [9.17, 15) is 14.7 Å². The molecule has 1 amide bonds. The number of likely N-dealkylation sites (tertiary alicyclic amines) is 1. The van der Waals surface area contributed by atoms with Crippen LogP contribution in [-0.4, -0.2) is 41.0 Å². The van der Waals surface area contributed by atoms with E-state index in [1.807, 2.05) is 0 Å². The van der Waals surface area contributed by atoms with Crippen LogP contribution in [0.4, 0.5) is 0 Å². The summed E-state index contributed by atoms with van der Waals surface area (Å²) in [4.78, 5) is 27.1. The third-order valence-corrected chi connectivity index (χ3v) is 5.93. The molecule has 2 saturated heterocycles. The van der Waals surface area contributed by atoms with Crippen molar-refractivity contribution in [1.29, 1.82) is 0 Å². The number of carbonyl (C=O) groups is 2. The zero-order valence-electron chi connectivity index (χ0n) is 15.7. The second kappa shape index (κ2) is 7.86. The van der Waals surface area contributed by atoms with E-state index in [0.717, 1.165) is 12.8 Å². The number of aryl methyl sites for hydroxylation is 1. The minimum absolute atomic E-state index is 0.0410. The van der Waals surface area contributed by atoms with E-state index in [1.54, 1.807) is 25.1 Å². The molecule has 152 valence electrons. The lowest BCUT2D eigenvalue weighted by molar-refractivity contribution is -0.141. The van der Waals surface area contributed by atoms with E-state index in [4.69, 9.17) is 32.4 Å². The van der Waals surface area contributed by atoms with Crippen molar-refractivity contribution in [3.8, 4) is 0 Å². The molecule has 2 aromatic rings. The smallest absolute Gasteiger partial charge is 0.295 e. The van der Waals surface area contributed by atoms with Gasteiger partial charge in [-0.1, -0.05) is 23.2 Å². The van der Waals surface area contributed by atoms with Crippen LogP contribution in [0, 0.1) is 6.92 Å². The lowest BCUT2D eigenvalue weighted by Gasteiger charge is -2.25. The average Bonchev–Trinajstić information content (AvgIpc) is 3.41. The summed E-state index contributed by atoms with van der Waals surface area (Å²) >= 11 is 12.0. The van der Waals surface area contributed by atoms with E-state index >= 15 is 0 Å². The van der Waals surface area contributed by atoms with Crippen molar-refractivity contribution in [2.45, 2.75) is 31.9 Å². The van der Waals surface area contributed by atoms with Gasteiger partial charge in [0.25, 0.3) is 11.7 Å². The van der Waals surface area contributed by atoms with Crippen molar-refractivity contribution in [2.24, 2.45) is 0 Å². The Bertz CT molecular complexity index is 1010. The molecule has 2 aliphatic rings. The third-order valence-electron chi connectivity index (χ3n) is 5.19. The van der Waals surface area contributed by atoms with Gasteiger partial charge in [-0.15, -0.1) is 0 Å². The highest BCUT2D eigenvalue weighted by molar-refractivity contribution is 6.46. The van der Waals surface area contributed by atoms with Gasteiger partial charge in [-0.2, -0.15) is 0 Å². The molecule has 6 nitrogen and oxygen atoms in total. The predicted molar refractivity (Wildman–Crippen MR) is 108 cm³/mol. The lowest BCUT2D eigenvalue weighted by atomic mass is 9.99. The molecule has 2 atom stereocenters. The SMILES string of the molecule is Cc1ccc(C2/C(=C(/O)c3ccc(Cl)c(Cl)c3)C(=O)C(=O)N2CC2CCCO2)o1. The predicted octanol–water partition coefficient (Wildman–Crippen LogP) is 4.50. The topological polar surface area (TPSA) is 80.0 Å². The van der Waals surface area contributed by atoms with Crippen LogP contribution in [-0.2, 0) is 14.3 Å². The zero-order valence-corrected chi connectivity index (χ0v) is 17.2. The van der Waals surface area contributed by atoms with Crippen LogP contribution in [0.5, 0.6) is 0 Å². The number of halogens is 2. The molecule has 2 unspecified atom stereocenters. The largest absolute Gasteiger partial charge is 0.507 e. The number of hydrogen-bond donors (Lipinski definition) is 1. The Morgan fingerprint density at radius 1 is 1.21 bits per heavy atom. The molecule has 3 heterocycles. The van der Waals surface area contributed by atoms with Gasteiger partial charge in [0, 0.05) is 18.7 Å². The van der Waals surface area contributed by atoms with Crippen molar-refractivity contribution < 1.29 is 23.8 Å². The molecule has 8 heteroatoms. The molecule has 2 aliphatic heterocycles. The maximum atomic E-state index is 12.9. The number of benzene rings is 1. The van der Waals surface area contributed by atoms with Gasteiger partial charge >= 0.3 is 0 Å². The molecule has 1 aromatic heterocycles. The minimum atomic E-state index is -0.845. The van der Waals surface area contributed by atoms with Gasteiger partial charge in [0.2, 0.25) is 0 Å². The quantitative estimate of drug-likeness (QED) is 0.434. The lowest BCUT2D eigenvalue weighted by Crippen LogP contribution is -2.36. The Hall–Kier alpha value is -2.28. The maximum absolute atomic E-state index is 12.9. The van der Waals surface area contributed by atoms with Gasteiger partial charge in [-0.3, -0.25) is 9.59 Å². The average molecular weight is 436 g/mol. The number of amides is 1. The van der Waals surface area contributed by atoms with Gasteiger partial charge in [0.1, 0.15) is 23.3 Å². The minimum Gasteiger partial charge on any atom is -0.507 e. The number of aliphatic hydroxyl groups is 1. The summed E-state index contributed by atoms with van der Waals surface area (Å²) in [7, 11) is 0. The number of ketones is 1. The molecule has 0 aliphatic carbocycles. The molecular weight excluding hydrogens is 417 g/mol. The summed E-state index contributed by atoms with van der Waals surface area (Å²) in [6.45, 7) is 2.64. The van der Waals surface area contributed by atoms with Crippen LogP contribution < -0.4 is 0 Å². The Balaban J connectivity index is 1.82. The Kier molecular flexibility index (Phi) is 5.42. The second-order valence-electron chi connectivity index (χ2n) is 7.16. The van der Waals surface area contributed by atoms with Crippen molar-refractivity contribution >= 4 is 40.7 Å². The van der Waals surface area contributed by atoms with Crippen molar-refractivity contribution in [3.63, 3.8) is 0 Å². The summed E-state index contributed by atoms with van der Waals surface area (Å²) in [6.07, 6.45) is 1.55. The number of aliphatic hydroxyl groups excluding tert-OH is 1. The number of nitrogens with zero attached hydrogens (tertiary/aromatic N) is 1. The fourth-order valence-corrected chi connectivity index (χ4v) is 4.07. The molecule has 2 fully saturated rings. The summed E-state index contributed by atoms with van der Waals surface area (Å²) in [5.74, 6) is -0.749. The summed E-state index contributed by atoms with van der Waals surface area (Å²) < 4.78 is 11.4. The molecule has 1 aromatic carbocycles. The Morgan fingerprint density at radius 2 is 2.00 bits per heavy atom. The van der Waals surface area contributed by atoms with Crippen LogP contribution in [0.3, 0.4) is 0 Å². The highest BCUT2D eigenvalue weighted by Crippen LogP contribution is 2.41. The first-order chi connectivity index (χ1) is 13.9. The zero-order chi connectivity index (χ0) is 20.7.